The Hall–Kier alpha value is -1.48. The number of thiophene rings is 1. The first-order chi connectivity index (χ1) is 11.4. The number of hydrogen-bond acceptors (Lipinski definition) is 5. The van der Waals surface area contributed by atoms with E-state index in [1.165, 1.54) is 15.6 Å². The summed E-state index contributed by atoms with van der Waals surface area (Å²) < 4.78 is 30.0. The van der Waals surface area contributed by atoms with Crippen molar-refractivity contribution in [2.75, 3.05) is 13.1 Å². The van der Waals surface area contributed by atoms with Crippen LogP contribution in [0.2, 0.25) is 5.02 Å². The molecule has 1 aliphatic heterocycles. The summed E-state index contributed by atoms with van der Waals surface area (Å²) in [6.45, 7) is 4.53. The second-order valence-electron chi connectivity index (χ2n) is 5.87. The molecular formula is C15H15ClN4O2S2. The molecule has 0 atom stereocenters. The molecule has 0 aliphatic carbocycles. The van der Waals surface area contributed by atoms with Crippen LogP contribution in [-0.2, 0) is 10.0 Å². The summed E-state index contributed by atoms with van der Waals surface area (Å²) in [6, 6.07) is 5.37. The number of sulfonamides is 1. The summed E-state index contributed by atoms with van der Waals surface area (Å²) in [5, 5.41) is 7.25. The van der Waals surface area contributed by atoms with Crippen molar-refractivity contribution >= 4 is 43.0 Å². The summed E-state index contributed by atoms with van der Waals surface area (Å²) in [4.78, 5) is 4.60. The van der Waals surface area contributed by atoms with E-state index >= 15 is 0 Å². The minimum Gasteiger partial charge on any atom is -0.244 e. The largest absolute Gasteiger partial charge is 0.244 e. The molecule has 1 fully saturated rings. The highest BCUT2D eigenvalue weighted by atomic mass is 35.5. The van der Waals surface area contributed by atoms with Crippen LogP contribution in [0.1, 0.15) is 17.7 Å². The Labute approximate surface area is 148 Å². The smallest absolute Gasteiger partial charge is 0.244 e. The molecular weight excluding hydrogens is 368 g/mol. The van der Waals surface area contributed by atoms with Gasteiger partial charge in [-0.15, -0.1) is 11.3 Å². The fourth-order valence-corrected chi connectivity index (χ4v) is 6.10. The lowest BCUT2D eigenvalue weighted by Crippen LogP contribution is -2.51. The molecule has 1 aromatic carbocycles. The van der Waals surface area contributed by atoms with Gasteiger partial charge in [0.05, 0.1) is 6.04 Å². The van der Waals surface area contributed by atoms with E-state index in [0.29, 0.717) is 34.2 Å². The monoisotopic (exact) mass is 382 g/mol. The van der Waals surface area contributed by atoms with Gasteiger partial charge in [-0.3, -0.25) is 0 Å². The quantitative estimate of drug-likeness (QED) is 0.698. The van der Waals surface area contributed by atoms with Crippen molar-refractivity contribution in [3.63, 3.8) is 0 Å². The highest BCUT2D eigenvalue weighted by Gasteiger charge is 2.39. The Morgan fingerprint density at radius 1 is 1.29 bits per heavy atom. The van der Waals surface area contributed by atoms with Crippen LogP contribution in [0.4, 0.5) is 0 Å². The molecule has 0 spiro atoms. The van der Waals surface area contributed by atoms with Crippen molar-refractivity contribution < 1.29 is 8.42 Å². The Morgan fingerprint density at radius 2 is 2.04 bits per heavy atom. The van der Waals surface area contributed by atoms with Crippen molar-refractivity contribution in [3.8, 4) is 0 Å². The number of benzene rings is 1. The predicted molar refractivity (Wildman–Crippen MR) is 94.1 cm³/mol. The first kappa shape index (κ1) is 16.0. The molecule has 2 aromatic heterocycles. The van der Waals surface area contributed by atoms with E-state index in [1.54, 1.807) is 17.5 Å². The first-order valence-corrected chi connectivity index (χ1v) is 10.1. The van der Waals surface area contributed by atoms with E-state index in [0.717, 1.165) is 10.5 Å². The van der Waals surface area contributed by atoms with Gasteiger partial charge in [-0.1, -0.05) is 11.6 Å². The van der Waals surface area contributed by atoms with Crippen LogP contribution in [0.3, 0.4) is 0 Å². The van der Waals surface area contributed by atoms with Gasteiger partial charge in [-0.05, 0) is 32.0 Å². The van der Waals surface area contributed by atoms with Gasteiger partial charge in [0, 0.05) is 33.6 Å². The molecule has 24 heavy (non-hydrogen) atoms. The number of halogens is 1. The summed E-state index contributed by atoms with van der Waals surface area (Å²) >= 11 is 7.44. The molecule has 0 radical (unpaired) electrons. The molecule has 6 nitrogen and oxygen atoms in total. The molecule has 9 heteroatoms. The van der Waals surface area contributed by atoms with Gasteiger partial charge in [0.2, 0.25) is 10.0 Å². The molecule has 0 saturated carbocycles. The maximum absolute atomic E-state index is 12.9. The van der Waals surface area contributed by atoms with Crippen LogP contribution >= 0.6 is 22.9 Å². The number of rotatable bonds is 3. The molecule has 0 bridgehead atoms. The molecule has 3 aromatic rings. The molecule has 3 heterocycles. The van der Waals surface area contributed by atoms with Gasteiger partial charge >= 0.3 is 0 Å². The second kappa shape index (κ2) is 5.52. The van der Waals surface area contributed by atoms with Crippen molar-refractivity contribution in [1.82, 2.24) is 19.1 Å². The van der Waals surface area contributed by atoms with E-state index in [4.69, 9.17) is 11.6 Å². The summed E-state index contributed by atoms with van der Waals surface area (Å²) in [5.41, 5.74) is 0. The fraction of sp³-hybridized carbons (Fsp3) is 0.333. The molecule has 126 valence electrons. The lowest BCUT2D eigenvalue weighted by molar-refractivity contribution is 0.188. The standard InChI is InChI=1S/C15H15ClN4O2S2/c1-9-17-10(2)20(18-9)12-6-19(7-12)24(21,22)15-8-23-14-4-3-11(16)5-13(14)15/h3-5,8,12H,6-7H2,1-2H3. The molecule has 4 rings (SSSR count). The maximum Gasteiger partial charge on any atom is 0.244 e. The van der Waals surface area contributed by atoms with Gasteiger partial charge in [0.25, 0.3) is 0 Å². The predicted octanol–water partition coefficient (Wildman–Crippen LogP) is 3.01. The second-order valence-corrected chi connectivity index (χ2v) is 9.12. The molecule has 0 amide bonds. The molecule has 0 N–H and O–H groups in total. The zero-order valence-corrected chi connectivity index (χ0v) is 15.5. The Morgan fingerprint density at radius 3 is 2.71 bits per heavy atom. The van der Waals surface area contributed by atoms with Crippen LogP contribution in [-0.4, -0.2) is 40.6 Å². The van der Waals surface area contributed by atoms with Gasteiger partial charge in [0.15, 0.2) is 0 Å². The van der Waals surface area contributed by atoms with Crippen LogP contribution in [0.5, 0.6) is 0 Å². The lowest BCUT2D eigenvalue weighted by atomic mass is 10.2. The topological polar surface area (TPSA) is 68.1 Å². The van der Waals surface area contributed by atoms with Crippen molar-refractivity contribution in [3.05, 3.63) is 40.3 Å². The number of aromatic nitrogens is 3. The van der Waals surface area contributed by atoms with Crippen molar-refractivity contribution in [2.24, 2.45) is 0 Å². The van der Waals surface area contributed by atoms with Crippen LogP contribution < -0.4 is 0 Å². The zero-order chi connectivity index (χ0) is 17.1. The van der Waals surface area contributed by atoms with Crippen LogP contribution in [0, 0.1) is 13.8 Å². The highest BCUT2D eigenvalue weighted by Crippen LogP contribution is 2.36. The average molecular weight is 383 g/mol. The maximum atomic E-state index is 12.9. The number of fused-ring (bicyclic) bond motifs is 1. The van der Waals surface area contributed by atoms with Crippen molar-refractivity contribution in [1.29, 1.82) is 0 Å². The number of nitrogens with zero attached hydrogens (tertiary/aromatic N) is 4. The SMILES string of the molecule is Cc1nc(C)n(C2CN(S(=O)(=O)c3csc4ccc(Cl)cc34)C2)n1. The third kappa shape index (κ3) is 2.45. The summed E-state index contributed by atoms with van der Waals surface area (Å²) in [6.07, 6.45) is 0. The molecule has 1 saturated heterocycles. The van der Waals surface area contributed by atoms with E-state index in [1.807, 2.05) is 24.6 Å². The Bertz CT molecular complexity index is 1040. The Kier molecular flexibility index (Phi) is 3.68. The van der Waals surface area contributed by atoms with Gasteiger partial charge in [0.1, 0.15) is 16.5 Å². The highest BCUT2D eigenvalue weighted by molar-refractivity contribution is 7.89. The molecule has 0 unspecified atom stereocenters. The minimum atomic E-state index is -3.53. The Balaban J connectivity index is 1.62. The van der Waals surface area contributed by atoms with E-state index < -0.39 is 10.0 Å². The van der Waals surface area contributed by atoms with Crippen molar-refractivity contribution in [2.45, 2.75) is 24.8 Å². The van der Waals surface area contributed by atoms with Gasteiger partial charge in [-0.2, -0.15) is 9.40 Å². The zero-order valence-electron chi connectivity index (χ0n) is 13.1. The lowest BCUT2D eigenvalue weighted by Gasteiger charge is -2.38. The van der Waals surface area contributed by atoms with Crippen LogP contribution in [0.25, 0.3) is 10.1 Å². The average Bonchev–Trinajstić information content (AvgIpc) is 3.00. The number of aryl methyl sites for hydroxylation is 2. The van der Waals surface area contributed by atoms with E-state index in [2.05, 4.69) is 10.1 Å². The number of hydrogen-bond donors (Lipinski definition) is 0. The van der Waals surface area contributed by atoms with Gasteiger partial charge in [-0.25, -0.2) is 18.1 Å². The summed E-state index contributed by atoms with van der Waals surface area (Å²) in [7, 11) is -3.53. The molecule has 1 aliphatic rings. The summed E-state index contributed by atoms with van der Waals surface area (Å²) in [5.74, 6) is 1.51. The van der Waals surface area contributed by atoms with E-state index in [-0.39, 0.29) is 6.04 Å². The fourth-order valence-electron chi connectivity index (χ4n) is 2.97. The minimum absolute atomic E-state index is 0.0365. The van der Waals surface area contributed by atoms with E-state index in [9.17, 15) is 8.42 Å². The third-order valence-electron chi connectivity index (χ3n) is 4.20. The van der Waals surface area contributed by atoms with Crippen LogP contribution in [0.15, 0.2) is 28.5 Å². The van der Waals surface area contributed by atoms with Gasteiger partial charge < -0.3 is 0 Å². The normalized spacial score (nSPS) is 16.6. The third-order valence-corrected chi connectivity index (χ3v) is 7.42. The first-order valence-electron chi connectivity index (χ1n) is 7.43.